The minimum Gasteiger partial charge on any atom is -0.478 e. The number of pyridine rings is 1. The van der Waals surface area contributed by atoms with Crippen molar-refractivity contribution in [2.75, 3.05) is 0 Å². The monoisotopic (exact) mass is 303 g/mol. The Bertz CT molecular complexity index is 909. The van der Waals surface area contributed by atoms with Gasteiger partial charge in [-0.1, -0.05) is 12.1 Å². The SMILES string of the molecule is Cc1csc2cc(C(=O)O)c(-c3ccc(F)cc3)c(=O)n12. The summed E-state index contributed by atoms with van der Waals surface area (Å²) in [7, 11) is 0. The van der Waals surface area contributed by atoms with Crippen LogP contribution in [-0.2, 0) is 0 Å². The zero-order valence-electron chi connectivity index (χ0n) is 11.0. The van der Waals surface area contributed by atoms with E-state index in [-0.39, 0.29) is 11.1 Å². The van der Waals surface area contributed by atoms with Gasteiger partial charge in [0.25, 0.3) is 5.56 Å². The average molecular weight is 303 g/mol. The Hall–Kier alpha value is -2.47. The Labute approximate surface area is 122 Å². The molecule has 0 aliphatic carbocycles. The number of aromatic carboxylic acids is 1. The van der Waals surface area contributed by atoms with Crippen molar-refractivity contribution in [2.45, 2.75) is 6.92 Å². The number of rotatable bonds is 2. The van der Waals surface area contributed by atoms with Crippen LogP contribution in [-0.4, -0.2) is 15.5 Å². The van der Waals surface area contributed by atoms with Crippen molar-refractivity contribution in [1.29, 1.82) is 0 Å². The van der Waals surface area contributed by atoms with Gasteiger partial charge in [-0.25, -0.2) is 9.18 Å². The molecule has 1 N–H and O–H groups in total. The quantitative estimate of drug-likeness (QED) is 0.791. The standard InChI is InChI=1S/C15H10FNO3S/c1-8-7-21-12-6-11(15(19)20)13(14(18)17(8)12)9-2-4-10(16)5-3-9/h2-7H,1H3,(H,19,20). The molecule has 0 fully saturated rings. The van der Waals surface area contributed by atoms with Gasteiger partial charge in [0.15, 0.2) is 0 Å². The summed E-state index contributed by atoms with van der Waals surface area (Å²) in [5, 5.41) is 11.1. The van der Waals surface area contributed by atoms with E-state index < -0.39 is 17.3 Å². The van der Waals surface area contributed by atoms with Crippen molar-refractivity contribution in [3.63, 3.8) is 0 Å². The zero-order chi connectivity index (χ0) is 15.1. The first-order chi connectivity index (χ1) is 9.99. The Morgan fingerprint density at radius 2 is 1.95 bits per heavy atom. The number of fused-ring (bicyclic) bond motifs is 1. The minimum absolute atomic E-state index is 0.0708. The third kappa shape index (κ3) is 2.13. The highest BCUT2D eigenvalue weighted by Crippen LogP contribution is 2.24. The molecule has 2 heterocycles. The van der Waals surface area contributed by atoms with Crippen LogP contribution in [0.25, 0.3) is 16.0 Å². The molecule has 0 saturated heterocycles. The molecule has 1 aromatic carbocycles. The maximum atomic E-state index is 13.0. The van der Waals surface area contributed by atoms with E-state index in [4.69, 9.17) is 0 Å². The van der Waals surface area contributed by atoms with E-state index in [1.807, 2.05) is 0 Å². The highest BCUT2D eigenvalue weighted by atomic mass is 32.1. The molecule has 2 aromatic heterocycles. The maximum Gasteiger partial charge on any atom is 0.336 e. The second kappa shape index (κ2) is 4.82. The molecule has 4 nitrogen and oxygen atoms in total. The summed E-state index contributed by atoms with van der Waals surface area (Å²) in [5.41, 5.74) is 0.712. The number of thiazole rings is 1. The average Bonchev–Trinajstić information content (AvgIpc) is 2.82. The summed E-state index contributed by atoms with van der Waals surface area (Å²) in [5.74, 6) is -1.62. The molecule has 0 amide bonds. The van der Waals surface area contributed by atoms with Gasteiger partial charge in [-0.05, 0) is 30.7 Å². The summed E-state index contributed by atoms with van der Waals surface area (Å²) >= 11 is 1.31. The van der Waals surface area contributed by atoms with Crippen LogP contribution in [0.15, 0.2) is 40.5 Å². The molecular weight excluding hydrogens is 293 g/mol. The maximum absolute atomic E-state index is 13.0. The lowest BCUT2D eigenvalue weighted by Gasteiger charge is -2.07. The number of carbonyl (C=O) groups is 1. The van der Waals surface area contributed by atoms with E-state index in [1.54, 1.807) is 12.3 Å². The second-order valence-corrected chi connectivity index (χ2v) is 5.49. The summed E-state index contributed by atoms with van der Waals surface area (Å²) < 4.78 is 14.5. The van der Waals surface area contributed by atoms with Gasteiger partial charge in [0, 0.05) is 11.1 Å². The Morgan fingerprint density at radius 3 is 2.57 bits per heavy atom. The van der Waals surface area contributed by atoms with Gasteiger partial charge in [0.1, 0.15) is 10.6 Å². The molecular formula is C15H10FNO3S. The summed E-state index contributed by atoms with van der Waals surface area (Å²) in [4.78, 5) is 24.7. The minimum atomic E-state index is -1.18. The van der Waals surface area contributed by atoms with E-state index in [9.17, 15) is 19.1 Å². The van der Waals surface area contributed by atoms with E-state index >= 15 is 0 Å². The van der Waals surface area contributed by atoms with Crippen LogP contribution in [0, 0.1) is 12.7 Å². The van der Waals surface area contributed by atoms with E-state index in [0.29, 0.717) is 10.4 Å². The molecule has 0 atom stereocenters. The Kier molecular flexibility index (Phi) is 3.10. The molecule has 0 aliphatic rings. The van der Waals surface area contributed by atoms with Crippen LogP contribution in [0.3, 0.4) is 0 Å². The Balaban J connectivity index is 2.43. The lowest BCUT2D eigenvalue weighted by molar-refractivity contribution is 0.0697. The highest BCUT2D eigenvalue weighted by Gasteiger charge is 2.19. The predicted molar refractivity (Wildman–Crippen MR) is 78.6 cm³/mol. The molecule has 21 heavy (non-hydrogen) atoms. The molecule has 3 aromatic rings. The van der Waals surface area contributed by atoms with Crippen LogP contribution >= 0.6 is 11.3 Å². The van der Waals surface area contributed by atoms with Crippen molar-refractivity contribution in [3.8, 4) is 11.1 Å². The van der Waals surface area contributed by atoms with Crippen LogP contribution in [0.1, 0.15) is 16.1 Å². The van der Waals surface area contributed by atoms with Crippen LogP contribution < -0.4 is 5.56 Å². The van der Waals surface area contributed by atoms with Crippen LogP contribution in [0.5, 0.6) is 0 Å². The molecule has 0 unspecified atom stereocenters. The van der Waals surface area contributed by atoms with Gasteiger partial charge in [-0.15, -0.1) is 11.3 Å². The fourth-order valence-electron chi connectivity index (χ4n) is 2.27. The summed E-state index contributed by atoms with van der Waals surface area (Å²) in [6.45, 7) is 1.78. The Morgan fingerprint density at radius 1 is 1.29 bits per heavy atom. The van der Waals surface area contributed by atoms with Crippen LogP contribution in [0.2, 0.25) is 0 Å². The third-order valence-electron chi connectivity index (χ3n) is 3.24. The predicted octanol–water partition coefficient (Wildman–Crippen LogP) is 3.17. The van der Waals surface area contributed by atoms with Gasteiger partial charge in [0.2, 0.25) is 0 Å². The molecule has 0 bridgehead atoms. The van der Waals surface area contributed by atoms with Crippen molar-refractivity contribution < 1.29 is 14.3 Å². The molecule has 106 valence electrons. The molecule has 0 saturated carbocycles. The smallest absolute Gasteiger partial charge is 0.336 e. The molecule has 0 spiro atoms. The fraction of sp³-hybridized carbons (Fsp3) is 0.0667. The number of hydrogen-bond donors (Lipinski definition) is 1. The van der Waals surface area contributed by atoms with Crippen molar-refractivity contribution in [1.82, 2.24) is 4.40 Å². The number of aryl methyl sites for hydroxylation is 1. The van der Waals surface area contributed by atoms with E-state index in [0.717, 1.165) is 5.69 Å². The van der Waals surface area contributed by atoms with Gasteiger partial charge in [0.05, 0.1) is 11.1 Å². The number of benzene rings is 1. The molecule has 0 radical (unpaired) electrons. The first kappa shape index (κ1) is 13.5. The van der Waals surface area contributed by atoms with E-state index in [1.165, 1.54) is 46.1 Å². The second-order valence-electron chi connectivity index (χ2n) is 4.60. The van der Waals surface area contributed by atoms with E-state index in [2.05, 4.69) is 0 Å². The lowest BCUT2D eigenvalue weighted by atomic mass is 10.0. The number of aromatic nitrogens is 1. The summed E-state index contributed by atoms with van der Waals surface area (Å²) in [6, 6.07) is 6.70. The number of carboxylic acid groups (broad SMARTS) is 1. The lowest BCUT2D eigenvalue weighted by Crippen LogP contribution is -2.19. The first-order valence-electron chi connectivity index (χ1n) is 6.12. The first-order valence-corrected chi connectivity index (χ1v) is 7.00. The number of halogens is 1. The van der Waals surface area contributed by atoms with Crippen LogP contribution in [0.4, 0.5) is 4.39 Å². The summed E-state index contributed by atoms with van der Waals surface area (Å²) in [6.07, 6.45) is 0. The van der Waals surface area contributed by atoms with Crippen molar-refractivity contribution in [3.05, 3.63) is 63.1 Å². The topological polar surface area (TPSA) is 58.8 Å². The molecule has 3 rings (SSSR count). The van der Waals surface area contributed by atoms with Gasteiger partial charge in [-0.2, -0.15) is 0 Å². The zero-order valence-corrected chi connectivity index (χ0v) is 11.8. The fourth-order valence-corrected chi connectivity index (χ4v) is 3.19. The van der Waals surface area contributed by atoms with Gasteiger partial charge < -0.3 is 5.11 Å². The van der Waals surface area contributed by atoms with Crippen molar-refractivity contribution in [2.24, 2.45) is 0 Å². The third-order valence-corrected chi connectivity index (χ3v) is 4.24. The normalized spacial score (nSPS) is 11.0. The number of nitrogens with zero attached hydrogens (tertiary/aromatic N) is 1. The van der Waals surface area contributed by atoms with Crippen molar-refractivity contribution >= 4 is 22.1 Å². The van der Waals surface area contributed by atoms with Gasteiger partial charge >= 0.3 is 5.97 Å². The number of hydrogen-bond acceptors (Lipinski definition) is 3. The largest absolute Gasteiger partial charge is 0.478 e. The highest BCUT2D eigenvalue weighted by molar-refractivity contribution is 7.15. The van der Waals surface area contributed by atoms with Gasteiger partial charge in [-0.3, -0.25) is 9.20 Å². The molecule has 6 heteroatoms. The number of carboxylic acids is 1. The molecule has 0 aliphatic heterocycles.